The Hall–Kier alpha value is -3.08. The molecule has 1 aromatic heterocycles. The molecular formula is C20H22N4O. The second-order valence-corrected chi connectivity index (χ2v) is 6.21. The Balaban J connectivity index is 1.85. The van der Waals surface area contributed by atoms with Crippen LogP contribution >= 0.6 is 0 Å². The molecule has 2 N–H and O–H groups in total. The number of hydrogen-bond donors (Lipinski definition) is 2. The van der Waals surface area contributed by atoms with Gasteiger partial charge in [0.25, 0.3) is 5.56 Å². The largest absolute Gasteiger partial charge is 0.378 e. The highest BCUT2D eigenvalue weighted by molar-refractivity contribution is 5.61. The zero-order valence-corrected chi connectivity index (χ0v) is 14.7. The molecule has 3 aromatic rings. The molecule has 128 valence electrons. The number of aromatic amines is 1. The van der Waals surface area contributed by atoms with E-state index < -0.39 is 0 Å². The van der Waals surface area contributed by atoms with E-state index in [4.69, 9.17) is 0 Å². The van der Waals surface area contributed by atoms with Crippen LogP contribution in [-0.2, 0) is 6.42 Å². The normalized spacial score (nSPS) is 10.5. The average molecular weight is 334 g/mol. The highest BCUT2D eigenvalue weighted by Crippen LogP contribution is 2.20. The summed E-state index contributed by atoms with van der Waals surface area (Å²) >= 11 is 0. The number of aryl methyl sites for hydroxylation is 1. The van der Waals surface area contributed by atoms with E-state index in [9.17, 15) is 4.79 Å². The van der Waals surface area contributed by atoms with E-state index in [0.717, 1.165) is 22.6 Å². The van der Waals surface area contributed by atoms with Gasteiger partial charge in [-0.1, -0.05) is 36.4 Å². The first-order valence-corrected chi connectivity index (χ1v) is 8.21. The zero-order chi connectivity index (χ0) is 17.8. The predicted octanol–water partition coefficient (Wildman–Crippen LogP) is 3.48. The maximum atomic E-state index is 12.5. The van der Waals surface area contributed by atoms with Crippen LogP contribution in [0.3, 0.4) is 0 Å². The number of nitrogens with one attached hydrogen (secondary N) is 2. The zero-order valence-electron chi connectivity index (χ0n) is 14.7. The molecule has 0 spiro atoms. The van der Waals surface area contributed by atoms with Gasteiger partial charge in [-0.25, -0.2) is 4.98 Å². The van der Waals surface area contributed by atoms with E-state index in [0.29, 0.717) is 17.9 Å². The second kappa shape index (κ2) is 7.21. The monoisotopic (exact) mass is 334 g/mol. The van der Waals surface area contributed by atoms with Crippen molar-refractivity contribution in [2.45, 2.75) is 13.3 Å². The van der Waals surface area contributed by atoms with Gasteiger partial charge in [0.15, 0.2) is 0 Å². The van der Waals surface area contributed by atoms with Gasteiger partial charge in [-0.2, -0.15) is 0 Å². The topological polar surface area (TPSA) is 61.0 Å². The Bertz CT molecular complexity index is 916. The molecule has 0 bridgehead atoms. The van der Waals surface area contributed by atoms with E-state index in [1.54, 1.807) is 0 Å². The molecule has 0 radical (unpaired) electrons. The van der Waals surface area contributed by atoms with Crippen LogP contribution in [0.2, 0.25) is 0 Å². The van der Waals surface area contributed by atoms with Crippen molar-refractivity contribution in [3.8, 4) is 0 Å². The molecule has 0 saturated heterocycles. The van der Waals surface area contributed by atoms with Crippen molar-refractivity contribution in [3.63, 3.8) is 0 Å². The Morgan fingerprint density at radius 2 is 1.84 bits per heavy atom. The number of benzene rings is 2. The van der Waals surface area contributed by atoms with Crippen molar-refractivity contribution in [2.24, 2.45) is 0 Å². The fraction of sp³-hybridized carbons (Fsp3) is 0.200. The molecule has 0 unspecified atom stereocenters. The number of rotatable bonds is 5. The van der Waals surface area contributed by atoms with E-state index in [2.05, 4.69) is 15.3 Å². The van der Waals surface area contributed by atoms with Crippen LogP contribution in [0.15, 0.2) is 59.4 Å². The summed E-state index contributed by atoms with van der Waals surface area (Å²) < 4.78 is 0. The molecule has 5 nitrogen and oxygen atoms in total. The third kappa shape index (κ3) is 4.07. The molecule has 5 heteroatoms. The summed E-state index contributed by atoms with van der Waals surface area (Å²) in [5.41, 5.74) is 4.37. The summed E-state index contributed by atoms with van der Waals surface area (Å²) in [6.07, 6.45) is 0.575. The molecule has 2 aromatic carbocycles. The van der Waals surface area contributed by atoms with Gasteiger partial charge in [0.1, 0.15) is 0 Å². The maximum absolute atomic E-state index is 12.5. The lowest BCUT2D eigenvalue weighted by Crippen LogP contribution is -2.18. The smallest absolute Gasteiger partial charge is 0.256 e. The third-order valence-corrected chi connectivity index (χ3v) is 4.07. The summed E-state index contributed by atoms with van der Waals surface area (Å²) in [5, 5.41) is 3.18. The first kappa shape index (κ1) is 16.8. The number of nitrogens with zero attached hydrogens (tertiary/aromatic N) is 2. The molecule has 0 amide bonds. The third-order valence-electron chi connectivity index (χ3n) is 4.07. The molecule has 0 aliphatic heterocycles. The molecule has 25 heavy (non-hydrogen) atoms. The average Bonchev–Trinajstić information content (AvgIpc) is 2.59. The molecule has 0 aliphatic rings. The van der Waals surface area contributed by atoms with Crippen LogP contribution in [-0.4, -0.2) is 24.1 Å². The fourth-order valence-electron chi connectivity index (χ4n) is 2.68. The minimum absolute atomic E-state index is 0.109. The van der Waals surface area contributed by atoms with E-state index in [1.165, 1.54) is 0 Å². The van der Waals surface area contributed by atoms with Gasteiger partial charge in [-0.05, 0) is 30.7 Å². The van der Waals surface area contributed by atoms with Crippen molar-refractivity contribution < 1.29 is 0 Å². The summed E-state index contributed by atoms with van der Waals surface area (Å²) in [6.45, 7) is 1.87. The maximum Gasteiger partial charge on any atom is 0.256 e. The lowest BCUT2D eigenvalue weighted by molar-refractivity contribution is 0.985. The van der Waals surface area contributed by atoms with E-state index >= 15 is 0 Å². The van der Waals surface area contributed by atoms with Crippen LogP contribution in [0, 0.1) is 6.92 Å². The molecule has 0 fully saturated rings. The van der Waals surface area contributed by atoms with Crippen LogP contribution in [0.1, 0.15) is 16.8 Å². The Kier molecular flexibility index (Phi) is 4.84. The predicted molar refractivity (Wildman–Crippen MR) is 103 cm³/mol. The van der Waals surface area contributed by atoms with Crippen molar-refractivity contribution in [1.29, 1.82) is 0 Å². The van der Waals surface area contributed by atoms with Gasteiger partial charge in [0.05, 0.1) is 5.69 Å². The Labute approximate surface area is 147 Å². The summed E-state index contributed by atoms with van der Waals surface area (Å²) in [7, 11) is 3.98. The summed E-state index contributed by atoms with van der Waals surface area (Å²) in [5.74, 6) is 0.454. The minimum Gasteiger partial charge on any atom is -0.378 e. The summed E-state index contributed by atoms with van der Waals surface area (Å²) in [4.78, 5) is 21.9. The van der Waals surface area contributed by atoms with Crippen LogP contribution in [0.5, 0.6) is 0 Å². The lowest BCUT2D eigenvalue weighted by atomic mass is 10.1. The number of hydrogen-bond acceptors (Lipinski definition) is 4. The highest BCUT2D eigenvalue weighted by Gasteiger charge is 2.09. The van der Waals surface area contributed by atoms with Crippen LogP contribution in [0.4, 0.5) is 17.3 Å². The quantitative estimate of drug-likeness (QED) is 0.750. The first-order chi connectivity index (χ1) is 12.0. The number of aromatic nitrogens is 2. The first-order valence-electron chi connectivity index (χ1n) is 8.21. The molecular weight excluding hydrogens is 312 g/mol. The van der Waals surface area contributed by atoms with Crippen molar-refractivity contribution in [3.05, 3.63) is 81.8 Å². The fourth-order valence-corrected chi connectivity index (χ4v) is 2.68. The van der Waals surface area contributed by atoms with Crippen molar-refractivity contribution in [2.75, 3.05) is 24.3 Å². The molecule has 0 saturated carbocycles. The van der Waals surface area contributed by atoms with Crippen molar-refractivity contribution in [1.82, 2.24) is 9.97 Å². The van der Waals surface area contributed by atoms with Gasteiger partial charge < -0.3 is 10.2 Å². The SMILES string of the molecule is Cc1nc(Nc2cccc(N(C)C)c2)[nH]c(=O)c1Cc1ccccc1. The second-order valence-electron chi connectivity index (χ2n) is 6.21. The molecule has 0 atom stereocenters. The van der Waals surface area contributed by atoms with Crippen molar-refractivity contribution >= 4 is 17.3 Å². The van der Waals surface area contributed by atoms with E-state index in [-0.39, 0.29) is 5.56 Å². The number of anilines is 3. The van der Waals surface area contributed by atoms with Crippen LogP contribution in [0.25, 0.3) is 0 Å². The van der Waals surface area contributed by atoms with Gasteiger partial charge in [0, 0.05) is 37.5 Å². The van der Waals surface area contributed by atoms with Gasteiger partial charge >= 0.3 is 0 Å². The molecule has 0 aliphatic carbocycles. The molecule has 3 rings (SSSR count). The highest BCUT2D eigenvalue weighted by atomic mass is 16.1. The Morgan fingerprint density at radius 1 is 1.08 bits per heavy atom. The van der Waals surface area contributed by atoms with Crippen LogP contribution < -0.4 is 15.8 Å². The number of H-pyrrole nitrogens is 1. The lowest BCUT2D eigenvalue weighted by Gasteiger charge is -2.14. The minimum atomic E-state index is -0.109. The van der Waals surface area contributed by atoms with Gasteiger partial charge in [-0.15, -0.1) is 0 Å². The van der Waals surface area contributed by atoms with Gasteiger partial charge in [0.2, 0.25) is 5.95 Å². The molecule has 1 heterocycles. The van der Waals surface area contributed by atoms with E-state index in [1.807, 2.05) is 80.5 Å². The summed E-state index contributed by atoms with van der Waals surface area (Å²) in [6, 6.07) is 17.9. The Morgan fingerprint density at radius 3 is 2.52 bits per heavy atom. The standard InChI is InChI=1S/C20H22N4O/c1-14-18(12-15-8-5-4-6-9-15)19(25)23-20(21-14)22-16-10-7-11-17(13-16)24(2)3/h4-11,13H,12H2,1-3H3,(H2,21,22,23,25). The van der Waals surface area contributed by atoms with Gasteiger partial charge in [-0.3, -0.25) is 9.78 Å².